The molecule has 0 unspecified atom stereocenters. The van der Waals surface area contributed by atoms with Gasteiger partial charge in [-0.15, -0.1) is 0 Å². The van der Waals surface area contributed by atoms with E-state index in [1.807, 2.05) is 6.07 Å². The number of unbranched alkanes of at least 4 members (excludes halogenated alkanes) is 1. The summed E-state index contributed by atoms with van der Waals surface area (Å²) in [6.07, 6.45) is 6.94. The summed E-state index contributed by atoms with van der Waals surface area (Å²) in [4.78, 5) is 13.5. The van der Waals surface area contributed by atoms with Crippen molar-refractivity contribution in [2.75, 3.05) is 11.9 Å². The average Bonchev–Trinajstić information content (AvgIpc) is 2.75. The van der Waals surface area contributed by atoms with Gasteiger partial charge in [0.2, 0.25) is 5.91 Å². The molecule has 0 bridgehead atoms. The van der Waals surface area contributed by atoms with E-state index in [4.69, 9.17) is 4.74 Å². The second-order valence-corrected chi connectivity index (χ2v) is 7.98. The summed E-state index contributed by atoms with van der Waals surface area (Å²) in [5.74, 6) is 0.649. The van der Waals surface area contributed by atoms with E-state index in [1.54, 1.807) is 12.1 Å². The highest BCUT2D eigenvalue weighted by Crippen LogP contribution is 2.41. The molecule has 152 valence electrons. The first-order chi connectivity index (χ1) is 14.1. The monoisotopic (exact) mass is 390 g/mol. The van der Waals surface area contributed by atoms with E-state index >= 15 is 0 Å². The molecule has 0 aliphatic heterocycles. The van der Waals surface area contributed by atoms with Crippen molar-refractivity contribution in [1.82, 2.24) is 0 Å². The third-order valence-electron chi connectivity index (χ3n) is 5.87. The van der Waals surface area contributed by atoms with Crippen LogP contribution < -0.4 is 10.1 Å². The molecule has 0 atom stereocenters. The second-order valence-electron chi connectivity index (χ2n) is 7.98. The summed E-state index contributed by atoms with van der Waals surface area (Å²) in [7, 11) is 0. The molecule has 1 saturated carbocycles. The number of ether oxygens (including phenoxy) is 1. The number of hydrogen-bond acceptors (Lipinski definition) is 3. The molecule has 0 spiro atoms. The summed E-state index contributed by atoms with van der Waals surface area (Å²) in [6.45, 7) is 4.79. The number of rotatable bonds is 7. The molecule has 1 aliphatic rings. The maximum absolute atomic E-state index is 13.5. The molecule has 29 heavy (non-hydrogen) atoms. The van der Waals surface area contributed by atoms with Crippen molar-refractivity contribution >= 4 is 11.6 Å². The molecule has 2 aromatic rings. The number of benzene rings is 2. The van der Waals surface area contributed by atoms with E-state index in [1.165, 1.54) is 5.56 Å². The van der Waals surface area contributed by atoms with Crippen molar-refractivity contribution in [3.63, 3.8) is 0 Å². The van der Waals surface area contributed by atoms with Crippen LogP contribution in [0.5, 0.6) is 5.75 Å². The smallest absolute Gasteiger partial charge is 0.235 e. The summed E-state index contributed by atoms with van der Waals surface area (Å²) in [5.41, 5.74) is 2.71. The van der Waals surface area contributed by atoms with Gasteiger partial charge in [-0.2, -0.15) is 5.26 Å². The Bertz CT molecular complexity index is 875. The summed E-state index contributed by atoms with van der Waals surface area (Å²) < 4.78 is 5.70. The Labute approximate surface area is 173 Å². The lowest BCUT2D eigenvalue weighted by molar-refractivity contribution is -0.122. The van der Waals surface area contributed by atoms with Crippen LogP contribution in [0, 0.1) is 18.3 Å². The van der Waals surface area contributed by atoms with Crippen LogP contribution in [0.2, 0.25) is 0 Å². The predicted molar refractivity (Wildman–Crippen MR) is 116 cm³/mol. The largest absolute Gasteiger partial charge is 0.494 e. The Morgan fingerprint density at radius 3 is 2.52 bits per heavy atom. The maximum atomic E-state index is 13.5. The minimum atomic E-state index is -0.533. The Balaban J connectivity index is 1.84. The first kappa shape index (κ1) is 20.9. The van der Waals surface area contributed by atoms with Gasteiger partial charge in [-0.05, 0) is 49.9 Å². The highest BCUT2D eigenvalue weighted by Gasteiger charge is 2.41. The lowest BCUT2D eigenvalue weighted by Gasteiger charge is -2.36. The third kappa shape index (κ3) is 4.79. The van der Waals surface area contributed by atoms with Crippen molar-refractivity contribution in [3.05, 3.63) is 59.2 Å². The van der Waals surface area contributed by atoms with Crippen molar-refractivity contribution < 1.29 is 9.53 Å². The van der Waals surface area contributed by atoms with Crippen LogP contribution in [-0.2, 0) is 10.2 Å². The van der Waals surface area contributed by atoms with Crippen molar-refractivity contribution in [2.45, 2.75) is 64.2 Å². The van der Waals surface area contributed by atoms with Gasteiger partial charge in [0.05, 0.1) is 23.3 Å². The van der Waals surface area contributed by atoms with E-state index < -0.39 is 5.41 Å². The van der Waals surface area contributed by atoms with Crippen molar-refractivity contribution in [2.24, 2.45) is 0 Å². The topological polar surface area (TPSA) is 62.1 Å². The van der Waals surface area contributed by atoms with Gasteiger partial charge in [-0.25, -0.2) is 0 Å². The first-order valence-electron chi connectivity index (χ1n) is 10.6. The molecule has 1 N–H and O–H groups in total. The summed E-state index contributed by atoms with van der Waals surface area (Å²) in [5, 5.41) is 12.7. The predicted octanol–water partition coefficient (Wildman–Crippen LogP) is 5.89. The zero-order chi connectivity index (χ0) is 20.7. The van der Waals surface area contributed by atoms with Crippen LogP contribution in [0.15, 0.2) is 42.5 Å². The summed E-state index contributed by atoms with van der Waals surface area (Å²) in [6, 6.07) is 15.8. The Kier molecular flexibility index (Phi) is 6.93. The number of hydrogen-bond donors (Lipinski definition) is 1. The molecule has 2 aromatic carbocycles. The van der Waals surface area contributed by atoms with Crippen LogP contribution in [-0.4, -0.2) is 12.5 Å². The zero-order valence-corrected chi connectivity index (χ0v) is 17.5. The fourth-order valence-electron chi connectivity index (χ4n) is 4.07. The quantitative estimate of drug-likeness (QED) is 0.600. The fourth-order valence-corrected chi connectivity index (χ4v) is 4.07. The molecule has 4 heteroatoms. The molecular weight excluding hydrogens is 360 g/mol. The molecule has 1 aliphatic carbocycles. The number of aryl methyl sites for hydroxylation is 1. The minimum absolute atomic E-state index is 0.0165. The van der Waals surface area contributed by atoms with Gasteiger partial charge in [-0.1, -0.05) is 62.4 Å². The van der Waals surface area contributed by atoms with Gasteiger partial charge in [-0.3, -0.25) is 4.79 Å². The number of anilines is 1. The van der Waals surface area contributed by atoms with Crippen molar-refractivity contribution in [3.8, 4) is 11.8 Å². The van der Waals surface area contributed by atoms with Gasteiger partial charge in [0, 0.05) is 0 Å². The lowest BCUT2D eigenvalue weighted by atomic mass is 9.68. The molecule has 0 heterocycles. The molecule has 4 nitrogen and oxygen atoms in total. The van der Waals surface area contributed by atoms with Crippen LogP contribution in [0.4, 0.5) is 5.69 Å². The maximum Gasteiger partial charge on any atom is 0.235 e. The van der Waals surface area contributed by atoms with E-state index in [9.17, 15) is 10.1 Å². The van der Waals surface area contributed by atoms with Gasteiger partial charge in [0.15, 0.2) is 0 Å². The second kappa shape index (κ2) is 9.60. The summed E-state index contributed by atoms with van der Waals surface area (Å²) >= 11 is 0. The standard InChI is InChI=1S/C25H30N2O2/c1-3-4-16-29-22-12-13-23(20(17-22)18-26)27-24(28)25(14-6-5-7-15-25)21-10-8-19(2)9-11-21/h8-13,17H,3-7,14-16H2,1-2H3,(H,27,28). The third-order valence-corrected chi connectivity index (χ3v) is 5.87. The van der Waals surface area contributed by atoms with E-state index in [0.717, 1.165) is 50.5 Å². The molecule has 0 radical (unpaired) electrons. The zero-order valence-electron chi connectivity index (χ0n) is 17.5. The van der Waals surface area contributed by atoms with Gasteiger partial charge in [0.25, 0.3) is 0 Å². The van der Waals surface area contributed by atoms with Crippen LogP contribution in [0.25, 0.3) is 0 Å². The number of nitriles is 1. The number of amides is 1. The van der Waals surface area contributed by atoms with E-state index in [0.29, 0.717) is 23.6 Å². The molecule has 1 fully saturated rings. The van der Waals surface area contributed by atoms with Gasteiger partial charge in [0.1, 0.15) is 11.8 Å². The molecule has 3 rings (SSSR count). The first-order valence-corrected chi connectivity index (χ1v) is 10.6. The number of carbonyl (C=O) groups is 1. The Morgan fingerprint density at radius 2 is 1.86 bits per heavy atom. The normalized spacial score (nSPS) is 15.3. The highest BCUT2D eigenvalue weighted by molar-refractivity contribution is 6.00. The molecule has 0 saturated heterocycles. The van der Waals surface area contributed by atoms with Gasteiger partial charge < -0.3 is 10.1 Å². The van der Waals surface area contributed by atoms with Crippen molar-refractivity contribution in [1.29, 1.82) is 5.26 Å². The van der Waals surface area contributed by atoms with Gasteiger partial charge >= 0.3 is 0 Å². The molecular formula is C25H30N2O2. The molecule has 1 amide bonds. The Morgan fingerprint density at radius 1 is 1.14 bits per heavy atom. The van der Waals surface area contributed by atoms with Crippen LogP contribution in [0.3, 0.4) is 0 Å². The fraction of sp³-hybridized carbons (Fsp3) is 0.440. The van der Waals surface area contributed by atoms with Crippen LogP contribution in [0.1, 0.15) is 68.6 Å². The highest BCUT2D eigenvalue weighted by atomic mass is 16.5. The minimum Gasteiger partial charge on any atom is -0.494 e. The van der Waals surface area contributed by atoms with E-state index in [-0.39, 0.29) is 5.91 Å². The number of nitrogens with zero attached hydrogens (tertiary/aromatic N) is 1. The molecule has 0 aromatic heterocycles. The number of nitrogens with one attached hydrogen (secondary N) is 1. The average molecular weight is 391 g/mol. The van der Waals surface area contributed by atoms with E-state index in [2.05, 4.69) is 49.5 Å². The lowest BCUT2D eigenvalue weighted by Crippen LogP contribution is -2.42. The number of carbonyl (C=O) groups excluding carboxylic acids is 1. The van der Waals surface area contributed by atoms with Crippen LogP contribution >= 0.6 is 0 Å². The Hall–Kier alpha value is -2.80. The SMILES string of the molecule is CCCCOc1ccc(NC(=O)C2(c3ccc(C)cc3)CCCCC2)c(C#N)c1.